The van der Waals surface area contributed by atoms with Crippen molar-refractivity contribution < 1.29 is 23.0 Å². The van der Waals surface area contributed by atoms with Crippen LogP contribution >= 0.6 is 11.6 Å². The molecule has 10 heteroatoms. The van der Waals surface area contributed by atoms with Gasteiger partial charge in [0.1, 0.15) is 0 Å². The van der Waals surface area contributed by atoms with Crippen molar-refractivity contribution in [1.82, 2.24) is 19.6 Å². The molecule has 0 aromatic carbocycles. The third kappa shape index (κ3) is 3.88. The zero-order chi connectivity index (χ0) is 18.9. The van der Waals surface area contributed by atoms with E-state index in [0.717, 1.165) is 6.92 Å². The first-order valence-electron chi connectivity index (χ1n) is 7.42. The highest BCUT2D eigenvalue weighted by atomic mass is 35.5. The van der Waals surface area contributed by atoms with Crippen LogP contribution in [0.4, 0.5) is 8.78 Å². The Morgan fingerprint density at radius 3 is 2.81 bits per heavy atom. The minimum Gasteiger partial charge on any atom is -0.482 e. The van der Waals surface area contributed by atoms with Crippen molar-refractivity contribution in [3.8, 4) is 17.4 Å². The standard InChI is InChI=1S/C16H13ClF2N4O3/c1-9-11(3-4-14-21-13(7-24)22-23(9)14)26-15-12(5-10(17)6-20-15)25-8-16(2,18)19/h3-7H,8H2,1-2H3. The van der Waals surface area contributed by atoms with Crippen molar-refractivity contribution >= 4 is 23.5 Å². The van der Waals surface area contributed by atoms with Gasteiger partial charge in [0.25, 0.3) is 11.8 Å². The lowest BCUT2D eigenvalue weighted by atomic mass is 10.3. The van der Waals surface area contributed by atoms with E-state index in [1.54, 1.807) is 19.1 Å². The molecule has 0 radical (unpaired) electrons. The van der Waals surface area contributed by atoms with Crippen LogP contribution in [0, 0.1) is 6.92 Å². The third-order valence-corrected chi connectivity index (χ3v) is 3.49. The summed E-state index contributed by atoms with van der Waals surface area (Å²) >= 11 is 5.86. The van der Waals surface area contributed by atoms with Crippen molar-refractivity contribution in [3.63, 3.8) is 0 Å². The number of pyridine rings is 2. The fourth-order valence-corrected chi connectivity index (χ4v) is 2.27. The maximum Gasteiger partial charge on any atom is 0.278 e. The summed E-state index contributed by atoms with van der Waals surface area (Å²) in [5, 5.41) is 4.24. The second-order valence-corrected chi connectivity index (χ2v) is 6.00. The van der Waals surface area contributed by atoms with Gasteiger partial charge < -0.3 is 9.47 Å². The molecule has 0 saturated carbocycles. The maximum absolute atomic E-state index is 13.1. The van der Waals surface area contributed by atoms with Gasteiger partial charge in [0.2, 0.25) is 5.82 Å². The molecule has 0 spiro atoms. The molecule has 3 heterocycles. The zero-order valence-corrected chi connectivity index (χ0v) is 14.5. The van der Waals surface area contributed by atoms with E-state index in [1.165, 1.54) is 16.8 Å². The van der Waals surface area contributed by atoms with E-state index in [0.29, 0.717) is 23.4 Å². The molecule has 0 bridgehead atoms. The summed E-state index contributed by atoms with van der Waals surface area (Å²) in [6.07, 6.45) is 1.84. The van der Waals surface area contributed by atoms with Crippen LogP contribution in [0.5, 0.6) is 17.4 Å². The lowest BCUT2D eigenvalue weighted by Gasteiger charge is -2.15. The van der Waals surface area contributed by atoms with Gasteiger partial charge in [0.15, 0.2) is 30.0 Å². The van der Waals surface area contributed by atoms with Crippen LogP contribution in [-0.4, -0.2) is 38.4 Å². The van der Waals surface area contributed by atoms with Gasteiger partial charge in [-0.1, -0.05) is 11.6 Å². The highest BCUT2D eigenvalue weighted by molar-refractivity contribution is 6.30. The lowest BCUT2D eigenvalue weighted by Crippen LogP contribution is -2.21. The molecule has 0 atom stereocenters. The van der Waals surface area contributed by atoms with E-state index < -0.39 is 12.5 Å². The van der Waals surface area contributed by atoms with Crippen LogP contribution in [0.3, 0.4) is 0 Å². The Morgan fingerprint density at radius 2 is 2.12 bits per heavy atom. The quantitative estimate of drug-likeness (QED) is 0.604. The molecule has 0 aliphatic carbocycles. The van der Waals surface area contributed by atoms with Gasteiger partial charge in [-0.25, -0.2) is 23.3 Å². The van der Waals surface area contributed by atoms with E-state index >= 15 is 0 Å². The van der Waals surface area contributed by atoms with E-state index in [1.807, 2.05) is 0 Å². The van der Waals surface area contributed by atoms with Crippen LogP contribution < -0.4 is 9.47 Å². The summed E-state index contributed by atoms with van der Waals surface area (Å²) < 4.78 is 38.4. The first-order chi connectivity index (χ1) is 12.3. The van der Waals surface area contributed by atoms with Gasteiger partial charge in [-0.05, 0) is 19.1 Å². The SMILES string of the molecule is Cc1c(Oc2ncc(Cl)cc2OCC(C)(F)F)ccc2nc(C=O)nn12. The van der Waals surface area contributed by atoms with Crippen LogP contribution in [-0.2, 0) is 0 Å². The summed E-state index contributed by atoms with van der Waals surface area (Å²) in [5.41, 5.74) is 0.995. The monoisotopic (exact) mass is 382 g/mol. The molecule has 0 amide bonds. The molecule has 7 nitrogen and oxygen atoms in total. The van der Waals surface area contributed by atoms with E-state index in [9.17, 15) is 13.6 Å². The smallest absolute Gasteiger partial charge is 0.278 e. The molecular weight excluding hydrogens is 370 g/mol. The van der Waals surface area contributed by atoms with Gasteiger partial charge in [0, 0.05) is 19.2 Å². The lowest BCUT2D eigenvalue weighted by molar-refractivity contribution is -0.0235. The van der Waals surface area contributed by atoms with Crippen molar-refractivity contribution in [2.75, 3.05) is 6.61 Å². The number of aryl methyl sites for hydroxylation is 1. The Labute approximate surface area is 151 Å². The summed E-state index contributed by atoms with van der Waals surface area (Å²) in [6, 6.07) is 4.53. The molecule has 0 unspecified atom stereocenters. The average Bonchev–Trinajstić information content (AvgIpc) is 3.01. The van der Waals surface area contributed by atoms with Gasteiger partial charge >= 0.3 is 0 Å². The molecule has 136 valence electrons. The Balaban J connectivity index is 1.94. The molecule has 3 aromatic heterocycles. The predicted octanol–water partition coefficient (Wildman–Crippen LogP) is 3.72. The van der Waals surface area contributed by atoms with Crippen LogP contribution in [0.15, 0.2) is 24.4 Å². The average molecular weight is 383 g/mol. The number of alkyl halides is 2. The fraction of sp³-hybridized carbons (Fsp3) is 0.250. The van der Waals surface area contributed by atoms with E-state index in [2.05, 4.69) is 15.1 Å². The molecule has 0 N–H and O–H groups in total. The second kappa shape index (κ2) is 6.83. The first-order valence-corrected chi connectivity index (χ1v) is 7.80. The van der Waals surface area contributed by atoms with Crippen molar-refractivity contribution in [1.29, 1.82) is 0 Å². The van der Waals surface area contributed by atoms with E-state index in [-0.39, 0.29) is 22.5 Å². The van der Waals surface area contributed by atoms with Crippen molar-refractivity contribution in [2.45, 2.75) is 19.8 Å². The number of hydrogen-bond donors (Lipinski definition) is 0. The number of rotatable bonds is 6. The minimum atomic E-state index is -3.03. The zero-order valence-electron chi connectivity index (χ0n) is 13.7. The number of carbonyl (C=O) groups excluding carboxylic acids is 1. The number of halogens is 3. The summed E-state index contributed by atoms with van der Waals surface area (Å²) in [7, 11) is 0. The summed E-state index contributed by atoms with van der Waals surface area (Å²) in [5.74, 6) is -2.71. The number of ether oxygens (including phenoxy) is 2. The van der Waals surface area contributed by atoms with E-state index in [4.69, 9.17) is 21.1 Å². The normalized spacial score (nSPS) is 11.6. The molecule has 26 heavy (non-hydrogen) atoms. The number of fused-ring (bicyclic) bond motifs is 1. The Bertz CT molecular complexity index is 972. The summed E-state index contributed by atoms with van der Waals surface area (Å²) in [6.45, 7) is 1.58. The first kappa shape index (κ1) is 18.0. The maximum atomic E-state index is 13.1. The van der Waals surface area contributed by atoms with Crippen LogP contribution in [0.1, 0.15) is 23.2 Å². The highest BCUT2D eigenvalue weighted by Crippen LogP contribution is 2.33. The van der Waals surface area contributed by atoms with Crippen LogP contribution in [0.2, 0.25) is 5.02 Å². The molecule has 0 aliphatic heterocycles. The molecule has 3 aromatic rings. The molecule has 0 fully saturated rings. The minimum absolute atomic E-state index is 0.0225. The fourth-order valence-electron chi connectivity index (χ4n) is 2.13. The van der Waals surface area contributed by atoms with Gasteiger partial charge in [-0.15, -0.1) is 5.10 Å². The third-order valence-electron chi connectivity index (χ3n) is 3.28. The largest absolute Gasteiger partial charge is 0.482 e. The molecule has 3 rings (SSSR count). The number of aromatic nitrogens is 4. The van der Waals surface area contributed by atoms with Gasteiger partial charge in [-0.2, -0.15) is 0 Å². The van der Waals surface area contributed by atoms with Gasteiger partial charge in [-0.3, -0.25) is 4.79 Å². The summed E-state index contributed by atoms with van der Waals surface area (Å²) in [4.78, 5) is 18.8. The number of hydrogen-bond acceptors (Lipinski definition) is 6. The number of carbonyl (C=O) groups is 1. The molecular formula is C16H13ClF2N4O3. The Kier molecular flexibility index (Phi) is 4.73. The molecule has 0 aliphatic rings. The van der Waals surface area contributed by atoms with Crippen LogP contribution in [0.25, 0.3) is 5.65 Å². The Hall–Kier alpha value is -2.81. The molecule has 0 saturated heterocycles. The van der Waals surface area contributed by atoms with Gasteiger partial charge in [0.05, 0.1) is 10.7 Å². The topological polar surface area (TPSA) is 78.6 Å². The predicted molar refractivity (Wildman–Crippen MR) is 88.5 cm³/mol. The highest BCUT2D eigenvalue weighted by Gasteiger charge is 2.24. The second-order valence-electron chi connectivity index (χ2n) is 5.56. The van der Waals surface area contributed by atoms with Crippen molar-refractivity contribution in [2.24, 2.45) is 0 Å². The van der Waals surface area contributed by atoms with Crippen molar-refractivity contribution in [3.05, 3.63) is 40.9 Å². The number of aldehydes is 1. The number of nitrogens with zero attached hydrogens (tertiary/aromatic N) is 4. The Morgan fingerprint density at radius 1 is 1.35 bits per heavy atom.